The number of hydrogen-bond acceptors (Lipinski definition) is 1. The average molecular weight is 162 g/mol. The minimum Gasteiger partial charge on any atom is -0.509 e. The first-order valence-corrected chi connectivity index (χ1v) is 3.62. The van der Waals surface area contributed by atoms with E-state index in [9.17, 15) is 0 Å². The van der Waals surface area contributed by atoms with E-state index >= 15 is 0 Å². The van der Waals surface area contributed by atoms with Crippen LogP contribution < -0.4 is 0 Å². The molecular formula is C11H14O. The fourth-order valence-electron chi connectivity index (χ4n) is 0.665. The summed E-state index contributed by atoms with van der Waals surface area (Å²) in [5.41, 5.74) is 1.73. The Morgan fingerprint density at radius 3 is 2.25 bits per heavy atom. The number of hydrogen-bond donors (Lipinski definition) is 1. The summed E-state index contributed by atoms with van der Waals surface area (Å²) in [7, 11) is 0. The molecule has 0 aromatic carbocycles. The molecule has 0 heterocycles. The third-order valence-corrected chi connectivity index (χ3v) is 1.23. The van der Waals surface area contributed by atoms with E-state index in [-0.39, 0.29) is 5.76 Å². The van der Waals surface area contributed by atoms with Crippen molar-refractivity contribution in [3.05, 3.63) is 60.9 Å². The molecule has 0 aliphatic carbocycles. The molecule has 0 bridgehead atoms. The Hall–Kier alpha value is -1.50. The van der Waals surface area contributed by atoms with Crippen molar-refractivity contribution < 1.29 is 5.11 Å². The molecule has 0 saturated heterocycles. The zero-order valence-electron chi connectivity index (χ0n) is 7.38. The molecule has 0 saturated carbocycles. The normalized spacial score (nSPS) is 11.6. The Bertz CT molecular complexity index is 254. The molecule has 0 atom stereocenters. The van der Waals surface area contributed by atoms with E-state index in [0.717, 1.165) is 11.1 Å². The lowest BCUT2D eigenvalue weighted by molar-refractivity contribution is 0.435. The van der Waals surface area contributed by atoms with Crippen molar-refractivity contribution in [2.45, 2.75) is 6.92 Å². The first-order chi connectivity index (χ1) is 5.57. The number of aliphatic hydroxyl groups excluding tert-OH is 1. The second kappa shape index (κ2) is 5.19. The lowest BCUT2D eigenvalue weighted by Gasteiger charge is -1.98. The highest BCUT2D eigenvalue weighted by molar-refractivity contribution is 5.40. The Labute approximate surface area is 73.7 Å². The predicted molar refractivity (Wildman–Crippen MR) is 54.0 cm³/mol. The van der Waals surface area contributed by atoms with Crippen LogP contribution in [0.5, 0.6) is 0 Å². The maximum absolute atomic E-state index is 8.90. The third-order valence-electron chi connectivity index (χ3n) is 1.23. The molecular weight excluding hydrogens is 148 g/mol. The lowest BCUT2D eigenvalue weighted by atomic mass is 10.1. The minimum atomic E-state index is 0.0294. The van der Waals surface area contributed by atoms with Gasteiger partial charge in [0.2, 0.25) is 0 Å². The smallest absolute Gasteiger partial charge is 0.109 e. The van der Waals surface area contributed by atoms with Gasteiger partial charge in [0.1, 0.15) is 5.76 Å². The molecule has 64 valence electrons. The maximum atomic E-state index is 8.90. The van der Waals surface area contributed by atoms with Gasteiger partial charge in [-0.25, -0.2) is 0 Å². The zero-order valence-corrected chi connectivity index (χ0v) is 7.38. The molecule has 0 rings (SSSR count). The Morgan fingerprint density at radius 1 is 1.33 bits per heavy atom. The second-order valence-corrected chi connectivity index (χ2v) is 2.47. The molecule has 0 spiro atoms. The lowest BCUT2D eigenvalue weighted by Crippen LogP contribution is -1.80. The highest BCUT2D eigenvalue weighted by Gasteiger charge is 1.92. The van der Waals surface area contributed by atoms with Gasteiger partial charge in [0, 0.05) is 0 Å². The Kier molecular flexibility index (Phi) is 4.54. The summed E-state index contributed by atoms with van der Waals surface area (Å²) < 4.78 is 0. The molecule has 0 amide bonds. The highest BCUT2D eigenvalue weighted by atomic mass is 16.3. The number of aliphatic hydroxyl groups is 1. The van der Waals surface area contributed by atoms with Crippen LogP contribution in [-0.2, 0) is 0 Å². The maximum Gasteiger partial charge on any atom is 0.109 e. The van der Waals surface area contributed by atoms with Crippen LogP contribution in [0.25, 0.3) is 0 Å². The van der Waals surface area contributed by atoms with E-state index in [0.29, 0.717) is 0 Å². The largest absolute Gasteiger partial charge is 0.509 e. The summed E-state index contributed by atoms with van der Waals surface area (Å²) in [6.07, 6.45) is 6.82. The van der Waals surface area contributed by atoms with Crippen molar-refractivity contribution in [1.82, 2.24) is 0 Å². The van der Waals surface area contributed by atoms with Crippen LogP contribution in [0.2, 0.25) is 0 Å². The molecule has 0 radical (unpaired) electrons. The van der Waals surface area contributed by atoms with E-state index in [1.165, 1.54) is 0 Å². The molecule has 0 aliphatic rings. The van der Waals surface area contributed by atoms with E-state index < -0.39 is 0 Å². The number of rotatable bonds is 4. The molecule has 1 heteroatoms. The predicted octanol–water partition coefficient (Wildman–Crippen LogP) is 3.30. The van der Waals surface area contributed by atoms with Crippen LogP contribution in [0.15, 0.2) is 60.9 Å². The molecule has 0 aromatic heterocycles. The van der Waals surface area contributed by atoms with Crippen molar-refractivity contribution in [2.24, 2.45) is 0 Å². The van der Waals surface area contributed by atoms with Crippen molar-refractivity contribution in [2.75, 3.05) is 0 Å². The van der Waals surface area contributed by atoms with Gasteiger partial charge < -0.3 is 5.11 Å². The van der Waals surface area contributed by atoms with Gasteiger partial charge in [0.05, 0.1) is 0 Å². The Morgan fingerprint density at radius 2 is 1.92 bits per heavy atom. The van der Waals surface area contributed by atoms with Crippen molar-refractivity contribution in [3.63, 3.8) is 0 Å². The summed E-state index contributed by atoms with van der Waals surface area (Å²) >= 11 is 0. The van der Waals surface area contributed by atoms with Crippen LogP contribution in [0.4, 0.5) is 0 Å². The van der Waals surface area contributed by atoms with Crippen molar-refractivity contribution in [1.29, 1.82) is 0 Å². The van der Waals surface area contributed by atoms with Crippen molar-refractivity contribution >= 4 is 0 Å². The molecule has 0 aromatic rings. The van der Waals surface area contributed by atoms with Crippen LogP contribution >= 0.6 is 0 Å². The fourth-order valence-corrected chi connectivity index (χ4v) is 0.665. The standard InChI is InChI=1S/C11H14O/c1-5-6-7-11(9(2)3)8-10(4)12/h5-8,12H,1-2,4H2,3H3/b7-6-,11-8-. The number of allylic oxidation sites excluding steroid dienone is 6. The van der Waals surface area contributed by atoms with Crippen LogP contribution in [0.3, 0.4) is 0 Å². The van der Waals surface area contributed by atoms with E-state index in [4.69, 9.17) is 5.11 Å². The van der Waals surface area contributed by atoms with Crippen LogP contribution in [0, 0.1) is 0 Å². The summed E-state index contributed by atoms with van der Waals surface area (Å²) in [6.45, 7) is 12.5. The monoisotopic (exact) mass is 162 g/mol. The molecule has 0 fully saturated rings. The topological polar surface area (TPSA) is 20.2 Å². The van der Waals surface area contributed by atoms with E-state index in [2.05, 4.69) is 19.7 Å². The minimum absolute atomic E-state index is 0.0294. The molecule has 0 aliphatic heterocycles. The molecule has 12 heavy (non-hydrogen) atoms. The first kappa shape index (κ1) is 10.5. The summed E-state index contributed by atoms with van der Waals surface area (Å²) in [4.78, 5) is 0. The van der Waals surface area contributed by atoms with Gasteiger partial charge in [-0.15, -0.1) is 0 Å². The SMILES string of the molecule is C=C/C=C\C(=C\C(=C)O)C(=C)C. The summed E-state index contributed by atoms with van der Waals surface area (Å²) in [6, 6.07) is 0. The van der Waals surface area contributed by atoms with Gasteiger partial charge >= 0.3 is 0 Å². The highest BCUT2D eigenvalue weighted by Crippen LogP contribution is 2.10. The molecule has 0 unspecified atom stereocenters. The summed E-state index contributed by atoms with van der Waals surface area (Å²) in [5.74, 6) is 0.0294. The van der Waals surface area contributed by atoms with Gasteiger partial charge in [-0.05, 0) is 18.6 Å². The van der Waals surface area contributed by atoms with Crippen molar-refractivity contribution in [3.8, 4) is 0 Å². The van der Waals surface area contributed by atoms with Gasteiger partial charge in [-0.2, -0.15) is 0 Å². The average Bonchev–Trinajstić information content (AvgIpc) is 1.96. The molecule has 1 N–H and O–H groups in total. The van der Waals surface area contributed by atoms with Gasteiger partial charge in [-0.1, -0.05) is 43.5 Å². The molecule has 1 nitrogen and oxygen atoms in total. The van der Waals surface area contributed by atoms with E-state index in [1.807, 2.05) is 13.0 Å². The quantitative estimate of drug-likeness (QED) is 0.496. The zero-order chi connectivity index (χ0) is 9.56. The van der Waals surface area contributed by atoms with Gasteiger partial charge in [0.25, 0.3) is 0 Å². The Balaban J connectivity index is 4.66. The fraction of sp³-hybridized carbons (Fsp3) is 0.0909. The summed E-state index contributed by atoms with van der Waals surface area (Å²) in [5, 5.41) is 8.90. The van der Waals surface area contributed by atoms with Crippen LogP contribution in [0.1, 0.15) is 6.92 Å². The second-order valence-electron chi connectivity index (χ2n) is 2.47. The van der Waals surface area contributed by atoms with E-state index in [1.54, 1.807) is 18.2 Å². The third kappa shape index (κ3) is 4.34. The van der Waals surface area contributed by atoms with Gasteiger partial charge in [0.15, 0.2) is 0 Å². The first-order valence-electron chi connectivity index (χ1n) is 3.62. The van der Waals surface area contributed by atoms with Gasteiger partial charge in [-0.3, -0.25) is 0 Å². The van der Waals surface area contributed by atoms with Crippen LogP contribution in [-0.4, -0.2) is 5.11 Å².